The minimum Gasteiger partial charge on any atom is -0.361 e. The third kappa shape index (κ3) is 2.34. The van der Waals surface area contributed by atoms with Crippen LogP contribution in [0.15, 0.2) is 79.0 Å². The molecule has 4 nitrogen and oxygen atoms in total. The molecule has 23 heavy (non-hydrogen) atoms. The molecule has 0 bridgehead atoms. The molecule has 1 aliphatic heterocycles. The molecule has 4 heteroatoms. The normalized spacial score (nSPS) is 16.3. The number of fused-ring (bicyclic) bond motifs is 1. The number of rotatable bonds is 3. The molecule has 2 aromatic carbocycles. The molecule has 1 unspecified atom stereocenters. The van der Waals surface area contributed by atoms with Crippen LogP contribution in [0.2, 0.25) is 0 Å². The largest absolute Gasteiger partial charge is 0.361 e. The summed E-state index contributed by atoms with van der Waals surface area (Å²) < 4.78 is 0. The highest BCUT2D eigenvalue weighted by Gasteiger charge is 2.38. The van der Waals surface area contributed by atoms with E-state index in [1.54, 1.807) is 11.1 Å². The van der Waals surface area contributed by atoms with Crippen LogP contribution in [0.3, 0.4) is 0 Å². The van der Waals surface area contributed by atoms with Crippen LogP contribution < -0.4 is 10.2 Å². The van der Waals surface area contributed by atoms with E-state index in [1.165, 1.54) is 0 Å². The zero-order valence-electron chi connectivity index (χ0n) is 12.4. The molecule has 3 aromatic rings. The summed E-state index contributed by atoms with van der Waals surface area (Å²) >= 11 is 0. The van der Waals surface area contributed by atoms with E-state index in [-0.39, 0.29) is 12.1 Å². The molecule has 0 spiro atoms. The number of benzene rings is 2. The lowest BCUT2D eigenvalue weighted by atomic mass is 10.1. The third-order valence-electron chi connectivity index (χ3n) is 3.94. The van der Waals surface area contributed by atoms with Gasteiger partial charge in [-0.05, 0) is 30.3 Å². The van der Waals surface area contributed by atoms with Gasteiger partial charge in [0.25, 0.3) is 5.91 Å². The Labute approximate surface area is 134 Å². The van der Waals surface area contributed by atoms with Crippen LogP contribution >= 0.6 is 0 Å². The number of para-hydroxylation sites is 1. The van der Waals surface area contributed by atoms with Crippen molar-refractivity contribution in [2.75, 3.05) is 10.2 Å². The highest BCUT2D eigenvalue weighted by molar-refractivity contribution is 6.10. The molecule has 1 atom stereocenters. The van der Waals surface area contributed by atoms with E-state index in [2.05, 4.69) is 10.3 Å². The SMILES string of the molecule is O=C1c2ccccc2C(Nc2ccccc2)N1c1ccccn1. The molecule has 2 heterocycles. The maximum absolute atomic E-state index is 12.8. The number of nitrogens with zero attached hydrogens (tertiary/aromatic N) is 2. The van der Waals surface area contributed by atoms with Crippen molar-refractivity contribution in [3.8, 4) is 0 Å². The molecule has 1 aromatic heterocycles. The van der Waals surface area contributed by atoms with E-state index in [1.807, 2.05) is 72.8 Å². The molecule has 0 radical (unpaired) electrons. The number of nitrogens with one attached hydrogen (secondary N) is 1. The maximum atomic E-state index is 12.8. The van der Waals surface area contributed by atoms with Crippen LogP contribution in [0.25, 0.3) is 0 Å². The Morgan fingerprint density at radius 1 is 0.870 bits per heavy atom. The quantitative estimate of drug-likeness (QED) is 0.799. The van der Waals surface area contributed by atoms with Gasteiger partial charge in [-0.2, -0.15) is 0 Å². The van der Waals surface area contributed by atoms with Gasteiger partial charge in [0.15, 0.2) is 0 Å². The fraction of sp³-hybridized carbons (Fsp3) is 0.0526. The number of aromatic nitrogens is 1. The summed E-state index contributed by atoms with van der Waals surface area (Å²) in [5, 5.41) is 3.44. The smallest absolute Gasteiger partial charge is 0.261 e. The first-order valence-electron chi connectivity index (χ1n) is 7.50. The Hall–Kier alpha value is -3.14. The van der Waals surface area contributed by atoms with Crippen LogP contribution in [0.4, 0.5) is 11.5 Å². The van der Waals surface area contributed by atoms with Crippen molar-refractivity contribution in [1.29, 1.82) is 0 Å². The summed E-state index contributed by atoms with van der Waals surface area (Å²) in [5.41, 5.74) is 2.64. The topological polar surface area (TPSA) is 45.2 Å². The van der Waals surface area contributed by atoms with Crippen molar-refractivity contribution in [3.63, 3.8) is 0 Å². The second kappa shape index (κ2) is 5.57. The van der Waals surface area contributed by atoms with E-state index in [0.717, 1.165) is 11.3 Å². The fourth-order valence-electron chi connectivity index (χ4n) is 2.88. The van der Waals surface area contributed by atoms with E-state index in [0.29, 0.717) is 11.4 Å². The van der Waals surface area contributed by atoms with E-state index < -0.39 is 0 Å². The molecular formula is C19H15N3O. The Morgan fingerprint density at radius 3 is 2.39 bits per heavy atom. The minimum atomic E-state index is -0.268. The van der Waals surface area contributed by atoms with E-state index >= 15 is 0 Å². The predicted octanol–water partition coefficient (Wildman–Crippen LogP) is 3.85. The fourth-order valence-corrected chi connectivity index (χ4v) is 2.88. The number of anilines is 2. The van der Waals surface area contributed by atoms with Crippen molar-refractivity contribution in [1.82, 2.24) is 4.98 Å². The number of carbonyl (C=O) groups excluding carboxylic acids is 1. The number of hydrogen-bond acceptors (Lipinski definition) is 3. The number of pyridine rings is 1. The van der Waals surface area contributed by atoms with Gasteiger partial charge in [-0.3, -0.25) is 9.69 Å². The standard InChI is InChI=1S/C19H15N3O/c23-19-16-11-5-4-10-15(16)18(21-14-8-2-1-3-9-14)22(19)17-12-6-7-13-20-17/h1-13,18,21H. The highest BCUT2D eigenvalue weighted by Crippen LogP contribution is 2.36. The lowest BCUT2D eigenvalue weighted by Crippen LogP contribution is -2.32. The zero-order chi connectivity index (χ0) is 15.6. The summed E-state index contributed by atoms with van der Waals surface area (Å²) in [6, 6.07) is 23.1. The summed E-state index contributed by atoms with van der Waals surface area (Å²) in [4.78, 5) is 18.9. The average Bonchev–Trinajstić information content (AvgIpc) is 2.89. The van der Waals surface area contributed by atoms with Crippen LogP contribution in [0.5, 0.6) is 0 Å². The maximum Gasteiger partial charge on any atom is 0.261 e. The van der Waals surface area contributed by atoms with Crippen LogP contribution in [-0.4, -0.2) is 10.9 Å². The second-order valence-corrected chi connectivity index (χ2v) is 5.36. The van der Waals surface area contributed by atoms with E-state index in [4.69, 9.17) is 0 Å². The number of hydrogen-bond donors (Lipinski definition) is 1. The molecular weight excluding hydrogens is 286 g/mol. The van der Waals surface area contributed by atoms with Gasteiger partial charge in [0.1, 0.15) is 12.0 Å². The van der Waals surface area contributed by atoms with E-state index in [9.17, 15) is 4.79 Å². The van der Waals surface area contributed by atoms with Crippen LogP contribution in [-0.2, 0) is 0 Å². The molecule has 1 aliphatic rings. The Balaban J connectivity index is 1.79. The van der Waals surface area contributed by atoms with Gasteiger partial charge in [0, 0.05) is 23.0 Å². The van der Waals surface area contributed by atoms with Gasteiger partial charge < -0.3 is 5.32 Å². The molecule has 0 fully saturated rings. The first-order valence-corrected chi connectivity index (χ1v) is 7.50. The van der Waals surface area contributed by atoms with Crippen molar-refractivity contribution >= 4 is 17.4 Å². The lowest BCUT2D eigenvalue weighted by Gasteiger charge is -2.26. The van der Waals surface area contributed by atoms with Gasteiger partial charge in [-0.25, -0.2) is 4.98 Å². The second-order valence-electron chi connectivity index (χ2n) is 5.36. The van der Waals surface area contributed by atoms with Crippen LogP contribution in [0.1, 0.15) is 22.1 Å². The van der Waals surface area contributed by atoms with Gasteiger partial charge >= 0.3 is 0 Å². The summed E-state index contributed by atoms with van der Waals surface area (Å²) in [6.45, 7) is 0. The molecule has 1 amide bonds. The average molecular weight is 301 g/mol. The Morgan fingerprint density at radius 2 is 1.61 bits per heavy atom. The van der Waals surface area contributed by atoms with Gasteiger partial charge in [-0.1, -0.05) is 42.5 Å². The lowest BCUT2D eigenvalue weighted by molar-refractivity contribution is 0.0992. The first-order chi connectivity index (χ1) is 11.3. The Kier molecular flexibility index (Phi) is 3.27. The number of amides is 1. The van der Waals surface area contributed by atoms with Crippen molar-refractivity contribution in [2.45, 2.75) is 6.17 Å². The Bertz CT molecular complexity index is 834. The number of carbonyl (C=O) groups is 1. The van der Waals surface area contributed by atoms with Gasteiger partial charge in [0.2, 0.25) is 0 Å². The zero-order valence-corrected chi connectivity index (χ0v) is 12.4. The molecule has 0 saturated carbocycles. The van der Waals surface area contributed by atoms with Crippen molar-refractivity contribution in [3.05, 3.63) is 90.1 Å². The first kappa shape index (κ1) is 13.5. The van der Waals surface area contributed by atoms with Crippen LogP contribution in [0, 0.1) is 0 Å². The van der Waals surface area contributed by atoms with Crippen molar-refractivity contribution < 1.29 is 4.79 Å². The molecule has 0 saturated heterocycles. The summed E-state index contributed by atoms with van der Waals surface area (Å²) in [6.07, 6.45) is 1.43. The van der Waals surface area contributed by atoms with Gasteiger partial charge in [-0.15, -0.1) is 0 Å². The van der Waals surface area contributed by atoms with Gasteiger partial charge in [0.05, 0.1) is 0 Å². The molecule has 4 rings (SSSR count). The monoisotopic (exact) mass is 301 g/mol. The molecule has 112 valence electrons. The summed E-state index contributed by atoms with van der Waals surface area (Å²) in [7, 11) is 0. The third-order valence-corrected chi connectivity index (χ3v) is 3.94. The molecule has 0 aliphatic carbocycles. The predicted molar refractivity (Wildman–Crippen MR) is 90.3 cm³/mol. The minimum absolute atomic E-state index is 0.0345. The van der Waals surface area contributed by atoms with Crippen molar-refractivity contribution in [2.24, 2.45) is 0 Å². The molecule has 1 N–H and O–H groups in total. The summed E-state index contributed by atoms with van der Waals surface area (Å²) in [5.74, 6) is 0.606. The highest BCUT2D eigenvalue weighted by atomic mass is 16.2.